The van der Waals surface area contributed by atoms with Crippen molar-refractivity contribution in [1.82, 2.24) is 0 Å². The number of carbonyl (C=O) groups excluding carboxylic acids is 1. The van der Waals surface area contributed by atoms with Crippen molar-refractivity contribution in [3.05, 3.63) is 52.2 Å². The lowest BCUT2D eigenvalue weighted by atomic mass is 10.0. The Kier molecular flexibility index (Phi) is 4.40. The van der Waals surface area contributed by atoms with Crippen LogP contribution in [0.2, 0.25) is 0 Å². The summed E-state index contributed by atoms with van der Waals surface area (Å²) >= 11 is 3.31. The third-order valence-corrected chi connectivity index (χ3v) is 4.16. The summed E-state index contributed by atoms with van der Waals surface area (Å²) in [7, 11) is 0. The van der Waals surface area contributed by atoms with Crippen molar-refractivity contribution in [2.45, 2.75) is 17.7 Å². The number of aryl methyl sites for hydroxylation is 1. The summed E-state index contributed by atoms with van der Waals surface area (Å²) in [5, 5.41) is 4.16. The zero-order chi connectivity index (χ0) is 12.1. The molecule has 0 radical (unpaired) electrons. The molecule has 1 aromatic carbocycles. The van der Waals surface area contributed by atoms with E-state index in [4.69, 9.17) is 0 Å². The molecule has 1 aromatic heterocycles. The Morgan fingerprint density at radius 3 is 2.82 bits per heavy atom. The van der Waals surface area contributed by atoms with E-state index in [0.29, 0.717) is 6.42 Å². The second kappa shape index (κ2) is 6.03. The number of Topliss-reactive ketones (excluding diaryl/α,β-unsaturated/α-hetero) is 1. The normalized spacial score (nSPS) is 10.4. The Hall–Kier alpha value is -1.06. The van der Waals surface area contributed by atoms with Gasteiger partial charge < -0.3 is 0 Å². The van der Waals surface area contributed by atoms with Crippen LogP contribution in [-0.2, 0) is 6.42 Å². The summed E-state index contributed by atoms with van der Waals surface area (Å²) in [6.07, 6.45) is 3.43. The highest BCUT2D eigenvalue weighted by atomic mass is 32.2. The molecular weight excluding hydrogens is 248 g/mol. The van der Waals surface area contributed by atoms with Crippen LogP contribution in [0.25, 0.3) is 0 Å². The minimum atomic E-state index is 0.237. The van der Waals surface area contributed by atoms with Gasteiger partial charge in [0.25, 0.3) is 0 Å². The maximum absolute atomic E-state index is 12.1. The van der Waals surface area contributed by atoms with Crippen molar-refractivity contribution < 1.29 is 4.79 Å². The first-order valence-electron chi connectivity index (χ1n) is 5.48. The number of hydrogen-bond donors (Lipinski definition) is 0. The molecule has 3 heteroatoms. The Balaban J connectivity index is 2.04. The first-order chi connectivity index (χ1) is 8.31. The van der Waals surface area contributed by atoms with Crippen LogP contribution in [0.15, 0.2) is 46.0 Å². The topological polar surface area (TPSA) is 17.1 Å². The maximum atomic E-state index is 12.1. The van der Waals surface area contributed by atoms with Crippen LogP contribution in [-0.4, -0.2) is 12.0 Å². The van der Waals surface area contributed by atoms with Crippen LogP contribution in [0.5, 0.6) is 0 Å². The maximum Gasteiger partial charge on any atom is 0.164 e. The fraction of sp³-hybridized carbons (Fsp3) is 0.214. The molecule has 0 saturated carbocycles. The molecule has 0 aliphatic rings. The molecule has 0 unspecified atom stereocenters. The number of rotatable bonds is 5. The zero-order valence-electron chi connectivity index (χ0n) is 9.68. The molecule has 0 aliphatic heterocycles. The van der Waals surface area contributed by atoms with Crippen LogP contribution in [0, 0.1) is 0 Å². The number of hydrogen-bond acceptors (Lipinski definition) is 3. The van der Waals surface area contributed by atoms with Crippen LogP contribution in [0.1, 0.15) is 22.3 Å². The number of carbonyl (C=O) groups is 1. The molecule has 0 N–H and O–H groups in total. The molecule has 2 aromatic rings. The highest BCUT2D eigenvalue weighted by Crippen LogP contribution is 2.22. The molecule has 17 heavy (non-hydrogen) atoms. The summed E-state index contributed by atoms with van der Waals surface area (Å²) in [6, 6.07) is 9.90. The molecule has 0 bridgehead atoms. The van der Waals surface area contributed by atoms with Crippen molar-refractivity contribution >= 4 is 28.9 Å². The molecule has 0 spiro atoms. The van der Waals surface area contributed by atoms with Crippen molar-refractivity contribution in [3.8, 4) is 0 Å². The molecular formula is C14H14OS2. The zero-order valence-corrected chi connectivity index (χ0v) is 11.3. The van der Waals surface area contributed by atoms with Gasteiger partial charge in [0, 0.05) is 16.9 Å². The molecule has 0 atom stereocenters. The first kappa shape index (κ1) is 12.4. The third-order valence-electron chi connectivity index (χ3n) is 2.63. The van der Waals surface area contributed by atoms with E-state index in [2.05, 4.69) is 16.8 Å². The van der Waals surface area contributed by atoms with Gasteiger partial charge in [-0.1, -0.05) is 18.2 Å². The van der Waals surface area contributed by atoms with E-state index in [-0.39, 0.29) is 5.78 Å². The van der Waals surface area contributed by atoms with Gasteiger partial charge in [-0.05, 0) is 41.1 Å². The van der Waals surface area contributed by atoms with Gasteiger partial charge in [-0.2, -0.15) is 11.3 Å². The van der Waals surface area contributed by atoms with Gasteiger partial charge >= 0.3 is 0 Å². The highest BCUT2D eigenvalue weighted by molar-refractivity contribution is 7.98. The predicted molar refractivity (Wildman–Crippen MR) is 75.2 cm³/mol. The second-order valence-corrected chi connectivity index (χ2v) is 5.38. The Bertz CT molecular complexity index is 489. The van der Waals surface area contributed by atoms with E-state index in [0.717, 1.165) is 16.9 Å². The average molecular weight is 262 g/mol. The van der Waals surface area contributed by atoms with E-state index in [9.17, 15) is 4.79 Å². The van der Waals surface area contributed by atoms with Crippen molar-refractivity contribution in [2.24, 2.45) is 0 Å². The van der Waals surface area contributed by atoms with Gasteiger partial charge in [0.1, 0.15) is 0 Å². The molecule has 0 saturated heterocycles. The Labute approximate surface area is 110 Å². The standard InChI is InChI=1S/C14H14OS2/c1-16-14-5-3-2-4-12(14)13(15)7-6-11-8-9-17-10-11/h2-5,8-10H,6-7H2,1H3. The number of ketones is 1. The van der Waals surface area contributed by atoms with Crippen LogP contribution in [0.4, 0.5) is 0 Å². The fourth-order valence-corrected chi connectivity index (χ4v) is 3.02. The SMILES string of the molecule is CSc1ccccc1C(=O)CCc1ccsc1. The average Bonchev–Trinajstić information content (AvgIpc) is 2.89. The number of benzene rings is 1. The molecule has 88 valence electrons. The van der Waals surface area contributed by atoms with Crippen molar-refractivity contribution in [1.29, 1.82) is 0 Å². The number of thioether (sulfide) groups is 1. The minimum absolute atomic E-state index is 0.237. The molecule has 0 amide bonds. The van der Waals surface area contributed by atoms with Crippen LogP contribution < -0.4 is 0 Å². The summed E-state index contributed by atoms with van der Waals surface area (Å²) in [5.41, 5.74) is 2.11. The largest absolute Gasteiger partial charge is 0.294 e. The van der Waals surface area contributed by atoms with Crippen molar-refractivity contribution in [2.75, 3.05) is 6.26 Å². The smallest absolute Gasteiger partial charge is 0.164 e. The Morgan fingerprint density at radius 1 is 1.29 bits per heavy atom. The number of thiophene rings is 1. The minimum Gasteiger partial charge on any atom is -0.294 e. The van der Waals surface area contributed by atoms with Crippen LogP contribution >= 0.6 is 23.1 Å². The molecule has 1 nitrogen and oxygen atoms in total. The summed E-state index contributed by atoms with van der Waals surface area (Å²) in [6.45, 7) is 0. The lowest BCUT2D eigenvalue weighted by molar-refractivity contribution is 0.0980. The fourth-order valence-electron chi connectivity index (χ4n) is 1.70. The van der Waals surface area contributed by atoms with E-state index in [1.165, 1.54) is 5.56 Å². The monoisotopic (exact) mass is 262 g/mol. The van der Waals surface area contributed by atoms with Crippen LogP contribution in [0.3, 0.4) is 0 Å². The Morgan fingerprint density at radius 2 is 2.12 bits per heavy atom. The van der Waals surface area contributed by atoms with E-state index in [1.807, 2.05) is 30.5 Å². The quantitative estimate of drug-likeness (QED) is 0.591. The molecule has 1 heterocycles. The summed E-state index contributed by atoms with van der Waals surface area (Å²) in [4.78, 5) is 13.2. The van der Waals surface area contributed by atoms with Gasteiger partial charge in [-0.15, -0.1) is 11.8 Å². The van der Waals surface area contributed by atoms with E-state index < -0.39 is 0 Å². The molecule has 0 fully saturated rings. The second-order valence-electron chi connectivity index (χ2n) is 3.76. The lowest BCUT2D eigenvalue weighted by Crippen LogP contribution is -2.02. The van der Waals surface area contributed by atoms with Gasteiger partial charge in [0.05, 0.1) is 0 Å². The van der Waals surface area contributed by atoms with Gasteiger partial charge in [-0.25, -0.2) is 0 Å². The molecule has 0 aliphatic carbocycles. The molecule has 2 rings (SSSR count). The van der Waals surface area contributed by atoms with E-state index >= 15 is 0 Å². The van der Waals surface area contributed by atoms with Gasteiger partial charge in [-0.3, -0.25) is 4.79 Å². The lowest BCUT2D eigenvalue weighted by Gasteiger charge is -2.05. The highest BCUT2D eigenvalue weighted by Gasteiger charge is 2.10. The van der Waals surface area contributed by atoms with Gasteiger partial charge in [0.15, 0.2) is 5.78 Å². The summed E-state index contributed by atoms with van der Waals surface area (Å²) in [5.74, 6) is 0.237. The van der Waals surface area contributed by atoms with E-state index in [1.54, 1.807) is 23.1 Å². The predicted octanol–water partition coefficient (Wildman–Crippen LogP) is 4.29. The van der Waals surface area contributed by atoms with Gasteiger partial charge in [0.2, 0.25) is 0 Å². The summed E-state index contributed by atoms with van der Waals surface area (Å²) < 4.78 is 0. The first-order valence-corrected chi connectivity index (χ1v) is 7.65. The van der Waals surface area contributed by atoms with Crippen molar-refractivity contribution in [3.63, 3.8) is 0 Å². The third kappa shape index (κ3) is 3.20.